The largest absolute Gasteiger partial charge is 0.422 e. The SMILES string of the molecule is Cc1c(OS(=O)(=O)c2ccc(C#N)cc2)ccc2c(CCl)cc(=O)oc12. The van der Waals surface area contributed by atoms with Gasteiger partial charge in [-0.2, -0.15) is 13.7 Å². The van der Waals surface area contributed by atoms with Gasteiger partial charge in [-0.25, -0.2) is 4.79 Å². The highest BCUT2D eigenvalue weighted by molar-refractivity contribution is 7.87. The molecular formula is C18H12ClNO5S. The molecule has 0 aliphatic heterocycles. The summed E-state index contributed by atoms with van der Waals surface area (Å²) in [5.74, 6) is 0.155. The molecule has 8 heteroatoms. The van der Waals surface area contributed by atoms with E-state index in [0.29, 0.717) is 22.1 Å². The van der Waals surface area contributed by atoms with Gasteiger partial charge in [0, 0.05) is 22.9 Å². The lowest BCUT2D eigenvalue weighted by atomic mass is 10.1. The summed E-state index contributed by atoms with van der Waals surface area (Å²) in [5.41, 5.74) is 0.927. The summed E-state index contributed by atoms with van der Waals surface area (Å²) in [6.07, 6.45) is 0. The van der Waals surface area contributed by atoms with Crippen LogP contribution in [0.2, 0.25) is 0 Å². The third-order valence-corrected chi connectivity index (χ3v) is 5.35. The molecule has 1 heterocycles. The van der Waals surface area contributed by atoms with Crippen LogP contribution in [-0.4, -0.2) is 8.42 Å². The summed E-state index contributed by atoms with van der Waals surface area (Å²) >= 11 is 5.85. The second-order valence-electron chi connectivity index (χ2n) is 5.46. The Kier molecular flexibility index (Phi) is 4.72. The molecule has 3 aromatic rings. The minimum atomic E-state index is -4.11. The molecule has 0 aliphatic rings. The number of nitrogens with zero attached hydrogens (tertiary/aromatic N) is 1. The van der Waals surface area contributed by atoms with Crippen molar-refractivity contribution in [2.75, 3.05) is 0 Å². The number of rotatable bonds is 4. The van der Waals surface area contributed by atoms with Gasteiger partial charge in [0.25, 0.3) is 0 Å². The zero-order valence-electron chi connectivity index (χ0n) is 13.5. The molecule has 0 unspecified atom stereocenters. The molecule has 0 atom stereocenters. The van der Waals surface area contributed by atoms with E-state index >= 15 is 0 Å². The van der Waals surface area contributed by atoms with Crippen LogP contribution in [0.3, 0.4) is 0 Å². The van der Waals surface area contributed by atoms with Crippen molar-refractivity contribution in [2.24, 2.45) is 0 Å². The van der Waals surface area contributed by atoms with Crippen molar-refractivity contribution in [3.8, 4) is 11.8 Å². The van der Waals surface area contributed by atoms with Gasteiger partial charge in [0.2, 0.25) is 0 Å². The third kappa shape index (κ3) is 3.29. The van der Waals surface area contributed by atoms with Crippen molar-refractivity contribution in [1.29, 1.82) is 5.26 Å². The van der Waals surface area contributed by atoms with Crippen LogP contribution in [0.1, 0.15) is 16.7 Å². The van der Waals surface area contributed by atoms with E-state index < -0.39 is 15.7 Å². The molecule has 132 valence electrons. The molecule has 0 saturated heterocycles. The second-order valence-corrected chi connectivity index (χ2v) is 7.28. The van der Waals surface area contributed by atoms with Crippen LogP contribution in [0.25, 0.3) is 11.0 Å². The molecule has 0 aliphatic carbocycles. The van der Waals surface area contributed by atoms with Crippen LogP contribution in [0.5, 0.6) is 5.75 Å². The Bertz CT molecular complexity index is 1190. The Morgan fingerprint density at radius 3 is 2.50 bits per heavy atom. The van der Waals surface area contributed by atoms with Crippen molar-refractivity contribution in [2.45, 2.75) is 17.7 Å². The molecule has 26 heavy (non-hydrogen) atoms. The van der Waals surface area contributed by atoms with Gasteiger partial charge in [0.15, 0.2) is 0 Å². The smallest absolute Gasteiger partial charge is 0.339 e. The monoisotopic (exact) mass is 389 g/mol. The van der Waals surface area contributed by atoms with Gasteiger partial charge in [-0.1, -0.05) is 0 Å². The lowest BCUT2D eigenvalue weighted by molar-refractivity contribution is 0.482. The maximum atomic E-state index is 12.5. The third-order valence-electron chi connectivity index (χ3n) is 3.81. The molecule has 2 aromatic carbocycles. The fourth-order valence-electron chi connectivity index (χ4n) is 2.47. The van der Waals surface area contributed by atoms with Crippen molar-refractivity contribution in [1.82, 2.24) is 0 Å². The maximum absolute atomic E-state index is 12.5. The minimum absolute atomic E-state index is 0.0386. The van der Waals surface area contributed by atoms with Crippen molar-refractivity contribution in [3.05, 3.63) is 69.6 Å². The number of benzene rings is 2. The van der Waals surface area contributed by atoms with Crippen molar-refractivity contribution >= 4 is 32.7 Å². The number of halogens is 1. The number of hydrogen-bond acceptors (Lipinski definition) is 6. The Morgan fingerprint density at radius 2 is 1.88 bits per heavy atom. The van der Waals surface area contributed by atoms with Crippen molar-refractivity contribution < 1.29 is 17.0 Å². The lowest BCUT2D eigenvalue weighted by Gasteiger charge is -2.11. The maximum Gasteiger partial charge on any atom is 0.339 e. The lowest BCUT2D eigenvalue weighted by Crippen LogP contribution is -2.11. The Labute approximate surface area is 154 Å². The summed E-state index contributed by atoms with van der Waals surface area (Å²) in [6, 6.07) is 11.6. The summed E-state index contributed by atoms with van der Waals surface area (Å²) in [5, 5.41) is 9.40. The van der Waals surface area contributed by atoms with E-state index in [1.54, 1.807) is 13.0 Å². The van der Waals surface area contributed by atoms with E-state index in [1.165, 1.54) is 36.4 Å². The van der Waals surface area contributed by atoms with Gasteiger partial charge in [0.1, 0.15) is 16.2 Å². The topological polar surface area (TPSA) is 97.4 Å². The van der Waals surface area contributed by atoms with E-state index in [0.717, 1.165) is 0 Å². The number of nitriles is 1. The van der Waals surface area contributed by atoms with E-state index in [-0.39, 0.29) is 22.1 Å². The normalized spacial score (nSPS) is 11.3. The predicted molar refractivity (Wildman–Crippen MR) is 95.7 cm³/mol. The average Bonchev–Trinajstić information content (AvgIpc) is 2.63. The van der Waals surface area contributed by atoms with Crippen LogP contribution in [0, 0.1) is 18.3 Å². The fraction of sp³-hybridized carbons (Fsp3) is 0.111. The van der Waals surface area contributed by atoms with Crippen molar-refractivity contribution in [3.63, 3.8) is 0 Å². The Hall–Kier alpha value is -2.82. The highest BCUT2D eigenvalue weighted by atomic mass is 35.5. The number of fused-ring (bicyclic) bond motifs is 1. The number of alkyl halides is 1. The van der Waals surface area contributed by atoms with Crippen LogP contribution >= 0.6 is 11.6 Å². The minimum Gasteiger partial charge on any atom is -0.422 e. The molecule has 0 fully saturated rings. The molecule has 0 spiro atoms. The van der Waals surface area contributed by atoms with Gasteiger partial charge in [-0.15, -0.1) is 11.6 Å². The summed E-state index contributed by atoms with van der Waals surface area (Å²) in [7, 11) is -4.11. The summed E-state index contributed by atoms with van der Waals surface area (Å²) in [6.45, 7) is 1.59. The molecule has 0 N–H and O–H groups in total. The van der Waals surface area contributed by atoms with Gasteiger partial charge in [0.05, 0.1) is 11.6 Å². The van der Waals surface area contributed by atoms with E-state index in [1.807, 2.05) is 6.07 Å². The Balaban J connectivity index is 2.07. The first-order valence-electron chi connectivity index (χ1n) is 7.42. The first-order valence-corrected chi connectivity index (χ1v) is 9.37. The zero-order valence-corrected chi connectivity index (χ0v) is 15.1. The van der Waals surface area contributed by atoms with E-state index in [4.69, 9.17) is 25.5 Å². The molecule has 0 amide bonds. The molecule has 0 saturated carbocycles. The predicted octanol–water partition coefficient (Wildman–Crippen LogP) is 3.48. The van der Waals surface area contributed by atoms with E-state index in [9.17, 15) is 13.2 Å². The standard InChI is InChI=1S/C18H12ClNO5S/c1-11-16(7-6-15-13(9-19)8-17(21)24-18(11)15)25-26(22,23)14-4-2-12(10-20)3-5-14/h2-8H,9H2,1H3. The van der Waals surface area contributed by atoms with Crippen LogP contribution in [0.4, 0.5) is 0 Å². The van der Waals surface area contributed by atoms with Gasteiger partial charge >= 0.3 is 15.7 Å². The van der Waals surface area contributed by atoms with Gasteiger partial charge in [-0.3, -0.25) is 0 Å². The molecular weight excluding hydrogens is 378 g/mol. The first kappa shape index (κ1) is 18.0. The molecule has 1 aromatic heterocycles. The first-order chi connectivity index (χ1) is 12.4. The second kappa shape index (κ2) is 6.83. The quantitative estimate of drug-likeness (QED) is 0.385. The van der Waals surface area contributed by atoms with Gasteiger partial charge in [-0.05, 0) is 48.9 Å². The summed E-state index contributed by atoms with van der Waals surface area (Å²) in [4.78, 5) is 11.6. The fourth-order valence-corrected chi connectivity index (χ4v) is 3.68. The molecule has 0 radical (unpaired) electrons. The van der Waals surface area contributed by atoms with E-state index in [2.05, 4.69) is 0 Å². The highest BCUT2D eigenvalue weighted by Gasteiger charge is 2.20. The number of aryl methyl sites for hydroxylation is 1. The molecule has 0 bridgehead atoms. The van der Waals surface area contributed by atoms with Crippen LogP contribution in [0.15, 0.2) is 56.6 Å². The van der Waals surface area contributed by atoms with Crippen LogP contribution in [-0.2, 0) is 16.0 Å². The summed E-state index contributed by atoms with van der Waals surface area (Å²) < 4.78 is 35.3. The zero-order chi connectivity index (χ0) is 18.9. The Morgan fingerprint density at radius 1 is 1.19 bits per heavy atom. The molecule has 3 rings (SSSR count). The average molecular weight is 390 g/mol. The van der Waals surface area contributed by atoms with Crippen LogP contribution < -0.4 is 9.81 Å². The highest BCUT2D eigenvalue weighted by Crippen LogP contribution is 2.31. The van der Waals surface area contributed by atoms with Gasteiger partial charge < -0.3 is 8.60 Å². The number of hydrogen-bond donors (Lipinski definition) is 0. The molecule has 6 nitrogen and oxygen atoms in total.